The van der Waals surface area contributed by atoms with Crippen LogP contribution in [-0.2, 0) is 6.42 Å². The molecule has 2 rings (SSSR count). The van der Waals surface area contributed by atoms with E-state index in [1.807, 2.05) is 49.2 Å². The van der Waals surface area contributed by atoms with Gasteiger partial charge < -0.3 is 20.4 Å². The quantitative estimate of drug-likeness (QED) is 0.347. The first kappa shape index (κ1) is 24.2. The first-order chi connectivity index (χ1) is 14.9. The highest BCUT2D eigenvalue weighted by Gasteiger charge is 2.08. The number of guanidine groups is 1. The van der Waals surface area contributed by atoms with Crippen molar-refractivity contribution in [2.45, 2.75) is 19.8 Å². The molecule has 0 aliphatic rings. The molecule has 0 heterocycles. The summed E-state index contributed by atoms with van der Waals surface area (Å²) in [5, 5.41) is 6.59. The Morgan fingerprint density at radius 1 is 1.06 bits per heavy atom. The number of nitrogens with zero attached hydrogens (tertiary/aromatic N) is 3. The third-order valence-corrected chi connectivity index (χ3v) is 4.82. The van der Waals surface area contributed by atoms with Crippen LogP contribution in [0.1, 0.15) is 29.3 Å². The largest absolute Gasteiger partial charge is 0.372 e. The highest BCUT2D eigenvalue weighted by atomic mass is 19.1. The van der Waals surface area contributed by atoms with Crippen LogP contribution in [0.25, 0.3) is 0 Å². The zero-order valence-electron chi connectivity index (χ0n) is 19.0. The number of halogens is 1. The minimum absolute atomic E-state index is 0.00469. The number of carbonyl (C=O) groups is 1. The SMILES string of the molecule is CCNC(=NCCCN(C)c1ccccc1F)NCCc1cccc(C(=O)N(C)C)c1. The van der Waals surface area contributed by atoms with Crippen LogP contribution in [0.15, 0.2) is 53.5 Å². The second-order valence-corrected chi connectivity index (χ2v) is 7.56. The molecule has 2 aromatic carbocycles. The smallest absolute Gasteiger partial charge is 0.253 e. The average molecular weight is 428 g/mol. The predicted molar refractivity (Wildman–Crippen MR) is 126 cm³/mol. The van der Waals surface area contributed by atoms with Crippen LogP contribution >= 0.6 is 0 Å². The third-order valence-electron chi connectivity index (χ3n) is 4.82. The summed E-state index contributed by atoms with van der Waals surface area (Å²) in [6.07, 6.45) is 1.60. The molecule has 0 fully saturated rings. The average Bonchev–Trinajstić information content (AvgIpc) is 2.76. The molecule has 0 aliphatic carbocycles. The minimum Gasteiger partial charge on any atom is -0.372 e. The molecule has 0 atom stereocenters. The zero-order chi connectivity index (χ0) is 22.6. The van der Waals surface area contributed by atoms with Gasteiger partial charge in [-0.15, -0.1) is 0 Å². The Labute approximate surface area is 185 Å². The van der Waals surface area contributed by atoms with Gasteiger partial charge in [0.1, 0.15) is 5.82 Å². The lowest BCUT2D eigenvalue weighted by atomic mass is 10.1. The molecular formula is C24H34FN5O. The van der Waals surface area contributed by atoms with Gasteiger partial charge in [0.2, 0.25) is 0 Å². The molecule has 0 spiro atoms. The van der Waals surface area contributed by atoms with E-state index < -0.39 is 0 Å². The van der Waals surface area contributed by atoms with E-state index in [0.717, 1.165) is 37.5 Å². The van der Waals surface area contributed by atoms with Crippen molar-refractivity contribution in [2.75, 3.05) is 52.2 Å². The van der Waals surface area contributed by atoms with Gasteiger partial charge in [0.05, 0.1) is 5.69 Å². The highest BCUT2D eigenvalue weighted by molar-refractivity contribution is 5.94. The van der Waals surface area contributed by atoms with Crippen molar-refractivity contribution < 1.29 is 9.18 Å². The van der Waals surface area contributed by atoms with E-state index in [4.69, 9.17) is 0 Å². The summed E-state index contributed by atoms with van der Waals surface area (Å²) in [5.74, 6) is 0.557. The van der Waals surface area contributed by atoms with Gasteiger partial charge in [0.25, 0.3) is 5.91 Å². The Kier molecular flexibility index (Phi) is 9.81. The van der Waals surface area contributed by atoms with Crippen molar-refractivity contribution >= 4 is 17.6 Å². The molecule has 2 aromatic rings. The molecule has 1 amide bonds. The van der Waals surface area contributed by atoms with Crippen molar-refractivity contribution in [3.8, 4) is 0 Å². The number of rotatable bonds is 10. The first-order valence-electron chi connectivity index (χ1n) is 10.7. The van der Waals surface area contributed by atoms with Crippen LogP contribution in [0, 0.1) is 5.82 Å². The summed E-state index contributed by atoms with van der Waals surface area (Å²) >= 11 is 0. The number of hydrogen-bond acceptors (Lipinski definition) is 3. The van der Waals surface area contributed by atoms with Gasteiger partial charge in [0.15, 0.2) is 5.96 Å². The monoisotopic (exact) mass is 427 g/mol. The van der Waals surface area contributed by atoms with Gasteiger partial charge >= 0.3 is 0 Å². The molecule has 0 bridgehead atoms. The summed E-state index contributed by atoms with van der Waals surface area (Å²) in [6, 6.07) is 14.5. The summed E-state index contributed by atoms with van der Waals surface area (Å²) < 4.78 is 13.9. The predicted octanol–water partition coefficient (Wildman–Crippen LogP) is 3.15. The summed E-state index contributed by atoms with van der Waals surface area (Å²) in [4.78, 5) is 20.2. The van der Waals surface area contributed by atoms with E-state index in [2.05, 4.69) is 15.6 Å². The van der Waals surface area contributed by atoms with E-state index >= 15 is 0 Å². The van der Waals surface area contributed by atoms with Crippen molar-refractivity contribution in [3.05, 3.63) is 65.5 Å². The molecule has 0 saturated heterocycles. The van der Waals surface area contributed by atoms with Gasteiger partial charge in [-0.2, -0.15) is 0 Å². The first-order valence-corrected chi connectivity index (χ1v) is 10.7. The van der Waals surface area contributed by atoms with Crippen molar-refractivity contribution in [1.29, 1.82) is 0 Å². The minimum atomic E-state index is -0.208. The highest BCUT2D eigenvalue weighted by Crippen LogP contribution is 2.16. The summed E-state index contributed by atoms with van der Waals surface area (Å²) in [6.45, 7) is 4.87. The number of anilines is 1. The maximum absolute atomic E-state index is 13.9. The molecule has 0 radical (unpaired) electrons. The van der Waals surface area contributed by atoms with Crippen LogP contribution in [-0.4, -0.2) is 64.1 Å². The number of hydrogen-bond donors (Lipinski definition) is 2. The Morgan fingerprint density at radius 2 is 1.84 bits per heavy atom. The second-order valence-electron chi connectivity index (χ2n) is 7.56. The molecule has 31 heavy (non-hydrogen) atoms. The number of aliphatic imine (C=N–C) groups is 1. The molecule has 0 aromatic heterocycles. The van der Waals surface area contributed by atoms with Crippen LogP contribution in [0.2, 0.25) is 0 Å². The standard InChI is InChI=1S/C24H34FN5O/c1-5-26-24(27-15-9-17-30(4)22-13-7-6-12-21(22)25)28-16-14-19-10-8-11-20(18-19)23(31)29(2)3/h6-8,10-13,18H,5,9,14-17H2,1-4H3,(H2,26,27,28). The number of para-hydroxylation sites is 1. The van der Waals surface area contributed by atoms with Crippen molar-refractivity contribution in [3.63, 3.8) is 0 Å². The molecule has 0 saturated carbocycles. The summed E-state index contributed by atoms with van der Waals surface area (Å²) in [7, 11) is 5.40. The van der Waals surface area contributed by atoms with Gasteiger partial charge in [0, 0.05) is 52.9 Å². The van der Waals surface area contributed by atoms with Crippen molar-refractivity contribution in [1.82, 2.24) is 15.5 Å². The fourth-order valence-corrected chi connectivity index (χ4v) is 3.17. The van der Waals surface area contributed by atoms with Crippen LogP contribution in [0.3, 0.4) is 0 Å². The fourth-order valence-electron chi connectivity index (χ4n) is 3.17. The van der Waals surface area contributed by atoms with Crippen molar-refractivity contribution in [2.24, 2.45) is 4.99 Å². The van der Waals surface area contributed by atoms with E-state index in [1.165, 1.54) is 6.07 Å². The Balaban J connectivity index is 1.82. The fraction of sp³-hybridized carbons (Fsp3) is 0.417. The molecule has 6 nitrogen and oxygen atoms in total. The van der Waals surface area contributed by atoms with E-state index in [-0.39, 0.29) is 11.7 Å². The third kappa shape index (κ3) is 7.92. The second kappa shape index (κ2) is 12.6. The normalized spacial score (nSPS) is 11.2. The van der Waals surface area contributed by atoms with Gasteiger partial charge in [-0.25, -0.2) is 4.39 Å². The molecule has 2 N–H and O–H groups in total. The van der Waals surface area contributed by atoms with E-state index in [9.17, 15) is 9.18 Å². The number of carbonyl (C=O) groups excluding carboxylic acids is 1. The van der Waals surface area contributed by atoms with Gasteiger partial charge in [-0.05, 0) is 49.6 Å². The lowest BCUT2D eigenvalue weighted by Gasteiger charge is -2.19. The lowest BCUT2D eigenvalue weighted by Crippen LogP contribution is -2.38. The summed E-state index contributed by atoms with van der Waals surface area (Å²) in [5.41, 5.74) is 2.40. The molecule has 0 aliphatic heterocycles. The number of nitrogens with one attached hydrogen (secondary N) is 2. The Morgan fingerprint density at radius 3 is 2.55 bits per heavy atom. The van der Waals surface area contributed by atoms with Crippen LogP contribution < -0.4 is 15.5 Å². The lowest BCUT2D eigenvalue weighted by molar-refractivity contribution is 0.0827. The van der Waals surface area contributed by atoms with Gasteiger partial charge in [-0.3, -0.25) is 9.79 Å². The van der Waals surface area contributed by atoms with Gasteiger partial charge in [-0.1, -0.05) is 24.3 Å². The molecular weight excluding hydrogens is 393 g/mol. The Hall–Kier alpha value is -3.09. The Bertz CT molecular complexity index is 869. The maximum atomic E-state index is 13.9. The molecule has 168 valence electrons. The van der Waals surface area contributed by atoms with E-state index in [1.54, 1.807) is 31.1 Å². The topological polar surface area (TPSA) is 60.0 Å². The number of amides is 1. The molecule has 0 unspecified atom stereocenters. The van der Waals surface area contributed by atoms with E-state index in [0.29, 0.717) is 24.3 Å². The molecule has 7 heteroatoms. The number of benzene rings is 2. The maximum Gasteiger partial charge on any atom is 0.253 e. The van der Waals surface area contributed by atoms with Crippen LogP contribution in [0.5, 0.6) is 0 Å². The zero-order valence-corrected chi connectivity index (χ0v) is 19.0. The van der Waals surface area contributed by atoms with Crippen LogP contribution in [0.4, 0.5) is 10.1 Å².